The van der Waals surface area contributed by atoms with E-state index in [4.69, 9.17) is 9.25 Å². The van der Waals surface area contributed by atoms with Gasteiger partial charge < -0.3 is 9.25 Å². The van der Waals surface area contributed by atoms with Gasteiger partial charge in [0.25, 0.3) is 11.4 Å². The number of oxime groups is 1. The zero-order valence-corrected chi connectivity index (χ0v) is 13.8. The van der Waals surface area contributed by atoms with E-state index < -0.39 is 9.85 Å². The highest BCUT2D eigenvalue weighted by Crippen LogP contribution is 2.25. The van der Waals surface area contributed by atoms with Crippen LogP contribution in [-0.2, 0) is 11.4 Å². The van der Waals surface area contributed by atoms with E-state index >= 15 is 0 Å². The molecule has 0 aliphatic heterocycles. The van der Waals surface area contributed by atoms with E-state index in [2.05, 4.69) is 5.16 Å². The summed E-state index contributed by atoms with van der Waals surface area (Å²) in [5, 5.41) is 25.3. The van der Waals surface area contributed by atoms with Crippen molar-refractivity contribution < 1.29 is 19.1 Å². The van der Waals surface area contributed by atoms with Crippen molar-refractivity contribution >= 4 is 17.6 Å². The zero-order chi connectivity index (χ0) is 19.2. The maximum Gasteiger partial charge on any atom is 0.270 e. The number of rotatable bonds is 7. The van der Waals surface area contributed by atoms with Crippen molar-refractivity contribution in [2.45, 2.75) is 6.61 Å². The maximum atomic E-state index is 10.8. The monoisotopic (exact) mass is 367 g/mol. The van der Waals surface area contributed by atoms with Gasteiger partial charge in [0.05, 0.1) is 9.85 Å². The van der Waals surface area contributed by atoms with Crippen LogP contribution in [0.1, 0.15) is 11.3 Å². The molecule has 0 aliphatic carbocycles. The number of hydrogen-bond donors (Lipinski definition) is 0. The lowest BCUT2D eigenvalue weighted by Crippen LogP contribution is -1.92. The summed E-state index contributed by atoms with van der Waals surface area (Å²) in [5.41, 5.74) is 1.13. The van der Waals surface area contributed by atoms with Crippen molar-refractivity contribution in [2.75, 3.05) is 0 Å². The smallest absolute Gasteiger partial charge is 0.270 e. The van der Waals surface area contributed by atoms with Crippen molar-refractivity contribution in [1.82, 2.24) is 0 Å². The quantitative estimate of drug-likeness (QED) is 0.348. The van der Waals surface area contributed by atoms with Crippen LogP contribution in [0.3, 0.4) is 0 Å². The number of nitro benzene ring substituents is 2. The second-order valence-electron chi connectivity index (χ2n) is 5.44. The normalized spacial score (nSPS) is 10.8. The van der Waals surface area contributed by atoms with Crippen LogP contribution in [0, 0.1) is 20.2 Å². The van der Waals surface area contributed by atoms with Gasteiger partial charge in [-0.2, -0.15) is 0 Å². The molecule has 1 heterocycles. The molecule has 0 spiro atoms. The second kappa shape index (κ2) is 7.91. The first kappa shape index (κ1) is 17.8. The molecule has 9 nitrogen and oxygen atoms in total. The summed E-state index contributed by atoms with van der Waals surface area (Å²) in [7, 11) is 0. The van der Waals surface area contributed by atoms with Crippen LogP contribution < -0.4 is 0 Å². The Balaban J connectivity index is 1.62. The minimum atomic E-state index is -0.481. The van der Waals surface area contributed by atoms with Crippen LogP contribution in [0.5, 0.6) is 0 Å². The number of nitrogens with zero attached hydrogens (tertiary/aromatic N) is 3. The lowest BCUT2D eigenvalue weighted by molar-refractivity contribution is -0.385. The molecule has 0 saturated heterocycles. The third kappa shape index (κ3) is 4.54. The third-order valence-corrected chi connectivity index (χ3v) is 3.58. The number of hydrogen-bond acceptors (Lipinski definition) is 7. The van der Waals surface area contributed by atoms with Gasteiger partial charge in [0.1, 0.15) is 24.3 Å². The Morgan fingerprint density at radius 3 is 2.41 bits per heavy atom. The predicted octanol–water partition coefficient (Wildman–Crippen LogP) is 4.31. The molecular formula is C18H13N3O6. The Hall–Kier alpha value is -4.01. The fraction of sp³-hybridized carbons (Fsp3) is 0.0556. The molecule has 1 aromatic heterocycles. The first-order chi connectivity index (χ1) is 13.0. The molecule has 0 unspecified atom stereocenters. The van der Waals surface area contributed by atoms with Crippen LogP contribution in [0.4, 0.5) is 11.4 Å². The number of benzene rings is 2. The van der Waals surface area contributed by atoms with E-state index in [1.165, 1.54) is 30.5 Å². The minimum Gasteiger partial charge on any atom is -0.455 e. The molecule has 0 N–H and O–H groups in total. The van der Waals surface area contributed by atoms with E-state index in [0.717, 1.165) is 0 Å². The summed E-state index contributed by atoms with van der Waals surface area (Å²) in [6.45, 7) is 0.0661. The fourth-order valence-electron chi connectivity index (χ4n) is 2.31. The van der Waals surface area contributed by atoms with Crippen molar-refractivity contribution in [3.05, 3.63) is 92.2 Å². The van der Waals surface area contributed by atoms with Gasteiger partial charge in [-0.15, -0.1) is 0 Å². The van der Waals surface area contributed by atoms with Crippen LogP contribution >= 0.6 is 0 Å². The highest BCUT2D eigenvalue weighted by molar-refractivity contribution is 5.77. The van der Waals surface area contributed by atoms with E-state index in [1.807, 2.05) is 0 Å². The summed E-state index contributed by atoms with van der Waals surface area (Å²) in [4.78, 5) is 25.7. The fourth-order valence-corrected chi connectivity index (χ4v) is 2.31. The van der Waals surface area contributed by atoms with Gasteiger partial charge in [-0.25, -0.2) is 0 Å². The minimum absolute atomic E-state index is 0.0206. The molecule has 0 fully saturated rings. The molecule has 0 saturated carbocycles. The van der Waals surface area contributed by atoms with Gasteiger partial charge in [-0.3, -0.25) is 20.2 Å². The van der Waals surface area contributed by atoms with Crippen molar-refractivity contribution in [2.24, 2.45) is 5.16 Å². The van der Waals surface area contributed by atoms with E-state index in [9.17, 15) is 20.2 Å². The van der Waals surface area contributed by atoms with E-state index in [0.29, 0.717) is 22.6 Å². The SMILES string of the molecule is O=[N+]([O-])c1cccc(CO/N=C\c2ccc(-c3cccc([N+](=O)[O-])c3)o2)c1. The Kier molecular flexibility index (Phi) is 5.22. The van der Waals surface area contributed by atoms with E-state index in [1.54, 1.807) is 36.4 Å². The first-order valence-corrected chi connectivity index (χ1v) is 7.76. The molecule has 2 aromatic carbocycles. The standard InChI is InChI=1S/C18H13N3O6/c22-20(23)15-5-1-3-13(9-15)12-26-19-11-17-7-8-18(27-17)14-4-2-6-16(10-14)21(24)25/h1-11H,12H2/b19-11-. The summed E-state index contributed by atoms with van der Waals surface area (Å²) >= 11 is 0. The number of non-ortho nitro benzene ring substituents is 2. The molecule has 136 valence electrons. The molecule has 0 radical (unpaired) electrons. The largest absolute Gasteiger partial charge is 0.455 e. The van der Waals surface area contributed by atoms with Crippen molar-refractivity contribution in [3.63, 3.8) is 0 Å². The van der Waals surface area contributed by atoms with Gasteiger partial charge in [-0.1, -0.05) is 29.4 Å². The predicted molar refractivity (Wildman–Crippen MR) is 96.3 cm³/mol. The molecule has 3 aromatic rings. The van der Waals surface area contributed by atoms with Crippen LogP contribution in [-0.4, -0.2) is 16.1 Å². The topological polar surface area (TPSA) is 121 Å². The summed E-state index contributed by atoms with van der Waals surface area (Å²) < 4.78 is 5.57. The lowest BCUT2D eigenvalue weighted by atomic mass is 10.1. The first-order valence-electron chi connectivity index (χ1n) is 7.76. The molecule has 27 heavy (non-hydrogen) atoms. The van der Waals surface area contributed by atoms with Gasteiger partial charge in [0, 0.05) is 29.8 Å². The molecule has 9 heteroatoms. The summed E-state index contributed by atoms with van der Waals surface area (Å²) in [6, 6.07) is 15.5. The molecular weight excluding hydrogens is 354 g/mol. The molecule has 0 bridgehead atoms. The average Bonchev–Trinajstić information content (AvgIpc) is 3.14. The maximum absolute atomic E-state index is 10.8. The Morgan fingerprint density at radius 2 is 1.67 bits per heavy atom. The Labute approximate surface area is 152 Å². The summed E-state index contributed by atoms with van der Waals surface area (Å²) in [6.07, 6.45) is 1.35. The lowest BCUT2D eigenvalue weighted by Gasteiger charge is -1.99. The molecule has 0 amide bonds. The van der Waals surface area contributed by atoms with E-state index in [-0.39, 0.29) is 18.0 Å². The number of furan rings is 1. The number of nitro groups is 2. The highest BCUT2D eigenvalue weighted by atomic mass is 16.6. The van der Waals surface area contributed by atoms with Gasteiger partial charge >= 0.3 is 0 Å². The van der Waals surface area contributed by atoms with Gasteiger partial charge in [0.15, 0.2) is 0 Å². The Bertz CT molecular complexity index is 1010. The Morgan fingerprint density at radius 1 is 0.963 bits per heavy atom. The van der Waals surface area contributed by atoms with Gasteiger partial charge in [-0.05, 0) is 17.7 Å². The summed E-state index contributed by atoms with van der Waals surface area (Å²) in [5.74, 6) is 0.856. The second-order valence-corrected chi connectivity index (χ2v) is 5.44. The van der Waals surface area contributed by atoms with Gasteiger partial charge in [0.2, 0.25) is 0 Å². The zero-order valence-electron chi connectivity index (χ0n) is 13.8. The average molecular weight is 367 g/mol. The molecule has 0 aliphatic rings. The van der Waals surface area contributed by atoms with Crippen LogP contribution in [0.25, 0.3) is 11.3 Å². The third-order valence-electron chi connectivity index (χ3n) is 3.58. The molecule has 3 rings (SSSR count). The molecule has 0 atom stereocenters. The van der Waals surface area contributed by atoms with Crippen LogP contribution in [0.2, 0.25) is 0 Å². The van der Waals surface area contributed by atoms with Crippen molar-refractivity contribution in [1.29, 1.82) is 0 Å². The van der Waals surface area contributed by atoms with Crippen LogP contribution in [0.15, 0.2) is 70.2 Å². The highest BCUT2D eigenvalue weighted by Gasteiger charge is 2.10. The van der Waals surface area contributed by atoms with Crippen molar-refractivity contribution in [3.8, 4) is 11.3 Å².